The molecule has 0 radical (unpaired) electrons. The topological polar surface area (TPSA) is 108 Å². The molecule has 62 heavy (non-hydrogen) atoms. The van der Waals surface area contributed by atoms with Crippen molar-refractivity contribution in [1.82, 2.24) is 5.32 Å². The first-order valence-electron chi connectivity index (χ1n) is 27.1. The maximum absolute atomic E-state index is 12.9. The van der Waals surface area contributed by atoms with Gasteiger partial charge in [-0.15, -0.1) is 0 Å². The smallest absolute Gasteiger partial charge is 0.268 e. The molecule has 2 N–H and O–H groups in total. The predicted molar refractivity (Wildman–Crippen MR) is 266 cm³/mol. The SMILES string of the molecule is CCCCCCCCCCCCCCCCCCCC/C=C/C(O)C(COP(=O)([O-])OCC[N+](C)(C)C)NC(=O)CCCCCCCCCCCCCCCCCCCCCC. The van der Waals surface area contributed by atoms with E-state index in [2.05, 4.69) is 19.2 Å². The Labute approximate surface area is 386 Å². The second kappa shape index (κ2) is 45.4. The number of allylic oxidation sites excluding steroid dienone is 1. The minimum absolute atomic E-state index is 0.00258. The van der Waals surface area contributed by atoms with Crippen molar-refractivity contribution in [3.8, 4) is 0 Å². The third kappa shape index (κ3) is 47.2. The van der Waals surface area contributed by atoms with Crippen LogP contribution in [0.4, 0.5) is 0 Å². The second-order valence-electron chi connectivity index (χ2n) is 19.9. The fourth-order valence-corrected chi connectivity index (χ4v) is 8.94. The van der Waals surface area contributed by atoms with E-state index in [-0.39, 0.29) is 19.1 Å². The summed E-state index contributed by atoms with van der Waals surface area (Å²) in [5.74, 6) is -0.191. The van der Waals surface area contributed by atoms with Crippen molar-refractivity contribution in [3.63, 3.8) is 0 Å². The Morgan fingerprint density at radius 1 is 0.548 bits per heavy atom. The van der Waals surface area contributed by atoms with Crippen molar-refractivity contribution < 1.29 is 32.9 Å². The molecule has 9 heteroatoms. The Bertz CT molecular complexity index is 1020. The number of rotatable bonds is 50. The van der Waals surface area contributed by atoms with Crippen molar-refractivity contribution in [3.05, 3.63) is 12.2 Å². The molecule has 1 amide bonds. The van der Waals surface area contributed by atoms with Crippen LogP contribution < -0.4 is 10.2 Å². The summed E-state index contributed by atoms with van der Waals surface area (Å²) in [6.07, 6.45) is 54.1. The number of quaternary nitrogens is 1. The molecule has 0 heterocycles. The van der Waals surface area contributed by atoms with Crippen molar-refractivity contribution >= 4 is 13.7 Å². The van der Waals surface area contributed by atoms with Crippen molar-refractivity contribution in [1.29, 1.82) is 0 Å². The minimum atomic E-state index is -4.59. The number of nitrogens with one attached hydrogen (secondary N) is 1. The Balaban J connectivity index is 4.24. The molecule has 0 aromatic carbocycles. The van der Waals surface area contributed by atoms with Gasteiger partial charge in [0.1, 0.15) is 13.2 Å². The van der Waals surface area contributed by atoms with Crippen LogP contribution in [-0.2, 0) is 18.4 Å². The largest absolute Gasteiger partial charge is 0.756 e. The van der Waals surface area contributed by atoms with E-state index in [4.69, 9.17) is 9.05 Å². The Morgan fingerprint density at radius 3 is 1.21 bits per heavy atom. The maximum Gasteiger partial charge on any atom is 0.268 e. The summed E-state index contributed by atoms with van der Waals surface area (Å²) in [7, 11) is 1.28. The van der Waals surface area contributed by atoms with Gasteiger partial charge in [0.25, 0.3) is 7.82 Å². The Hall–Kier alpha value is -0.760. The van der Waals surface area contributed by atoms with Crippen LogP contribution in [0, 0.1) is 0 Å². The molecular weight excluding hydrogens is 792 g/mol. The van der Waals surface area contributed by atoms with Gasteiger partial charge in [0, 0.05) is 6.42 Å². The summed E-state index contributed by atoms with van der Waals surface area (Å²) >= 11 is 0. The van der Waals surface area contributed by atoms with Gasteiger partial charge in [0.05, 0.1) is 39.9 Å². The second-order valence-corrected chi connectivity index (χ2v) is 21.4. The highest BCUT2D eigenvalue weighted by molar-refractivity contribution is 7.45. The molecule has 0 aromatic heterocycles. The maximum atomic E-state index is 12.9. The molecule has 3 unspecified atom stereocenters. The Kier molecular flexibility index (Phi) is 44.8. The summed E-state index contributed by atoms with van der Waals surface area (Å²) in [4.78, 5) is 25.4. The molecule has 8 nitrogen and oxygen atoms in total. The number of phosphoric acid groups is 1. The van der Waals surface area contributed by atoms with Crippen LogP contribution in [0.5, 0.6) is 0 Å². The van der Waals surface area contributed by atoms with E-state index >= 15 is 0 Å². The lowest BCUT2D eigenvalue weighted by Gasteiger charge is -2.29. The van der Waals surface area contributed by atoms with E-state index in [0.717, 1.165) is 38.5 Å². The average molecular weight is 899 g/mol. The molecule has 0 saturated carbocycles. The number of unbranched alkanes of at least 4 members (excludes halogenated alkanes) is 37. The van der Waals surface area contributed by atoms with Gasteiger partial charge in [-0.05, 0) is 19.3 Å². The number of hydrogen-bond donors (Lipinski definition) is 2. The van der Waals surface area contributed by atoms with Gasteiger partial charge in [0.15, 0.2) is 0 Å². The fourth-order valence-electron chi connectivity index (χ4n) is 8.21. The van der Waals surface area contributed by atoms with Gasteiger partial charge in [-0.3, -0.25) is 9.36 Å². The summed E-state index contributed by atoms with van der Waals surface area (Å²) in [6.45, 7) is 4.69. The predicted octanol–water partition coefficient (Wildman–Crippen LogP) is 15.2. The highest BCUT2D eigenvalue weighted by Crippen LogP contribution is 2.38. The van der Waals surface area contributed by atoms with Crippen molar-refractivity contribution in [2.75, 3.05) is 40.9 Å². The lowest BCUT2D eigenvalue weighted by molar-refractivity contribution is -0.870. The number of aliphatic hydroxyl groups excluding tert-OH is 1. The lowest BCUT2D eigenvalue weighted by atomic mass is 10.0. The number of nitrogens with zero attached hydrogens (tertiary/aromatic N) is 1. The third-order valence-electron chi connectivity index (χ3n) is 12.5. The number of amides is 1. The molecule has 0 aliphatic carbocycles. The van der Waals surface area contributed by atoms with Crippen LogP contribution in [0.1, 0.15) is 271 Å². The molecule has 3 atom stereocenters. The van der Waals surface area contributed by atoms with E-state index in [1.165, 1.54) is 212 Å². The summed E-state index contributed by atoms with van der Waals surface area (Å²) in [6, 6.07) is -0.881. The normalized spacial score (nSPS) is 14.1. The quantitative estimate of drug-likeness (QED) is 0.0272. The van der Waals surface area contributed by atoms with E-state index in [1.54, 1.807) is 6.08 Å². The third-order valence-corrected chi connectivity index (χ3v) is 13.5. The molecule has 0 saturated heterocycles. The zero-order valence-corrected chi connectivity index (χ0v) is 43.0. The molecule has 0 bridgehead atoms. The first-order chi connectivity index (χ1) is 30.0. The molecule has 0 fully saturated rings. The van der Waals surface area contributed by atoms with E-state index < -0.39 is 20.0 Å². The number of carbonyl (C=O) groups excluding carboxylic acids is 1. The van der Waals surface area contributed by atoms with E-state index in [1.807, 2.05) is 27.2 Å². The van der Waals surface area contributed by atoms with Crippen LogP contribution in [0.15, 0.2) is 12.2 Å². The molecule has 0 aliphatic heterocycles. The van der Waals surface area contributed by atoms with Gasteiger partial charge in [-0.25, -0.2) is 0 Å². The summed E-state index contributed by atoms with van der Waals surface area (Å²) in [5.41, 5.74) is 0. The fraction of sp³-hybridized carbons (Fsp3) is 0.943. The monoisotopic (exact) mass is 899 g/mol. The lowest BCUT2D eigenvalue weighted by Crippen LogP contribution is -2.45. The van der Waals surface area contributed by atoms with Gasteiger partial charge in [-0.1, -0.05) is 257 Å². The van der Waals surface area contributed by atoms with Crippen molar-refractivity contribution in [2.45, 2.75) is 283 Å². The standard InChI is InChI=1S/C53H107N2O6P/c1-6-8-10-12-14-16-18-20-22-24-26-28-30-32-34-36-38-40-42-44-46-52(56)51(50-61-62(58,59)60-49-48-55(3,4)5)54-53(57)47-45-43-41-39-37-35-33-31-29-27-25-23-21-19-17-15-13-11-9-7-2/h44,46,51-52,56H,6-43,45,47-50H2,1-5H3,(H-,54,57,58,59)/b46-44+. The molecular formula is C53H107N2O6P. The van der Waals surface area contributed by atoms with Crippen LogP contribution in [0.3, 0.4) is 0 Å². The Morgan fingerprint density at radius 2 is 0.871 bits per heavy atom. The van der Waals surface area contributed by atoms with Crippen LogP contribution in [-0.4, -0.2) is 68.5 Å². The van der Waals surface area contributed by atoms with Gasteiger partial charge in [-0.2, -0.15) is 0 Å². The number of hydrogen-bond acceptors (Lipinski definition) is 6. The summed E-state index contributed by atoms with van der Waals surface area (Å²) < 4.78 is 23.3. The average Bonchev–Trinajstić information content (AvgIpc) is 3.23. The zero-order valence-electron chi connectivity index (χ0n) is 42.1. The first kappa shape index (κ1) is 61.2. The molecule has 0 aliphatic rings. The van der Waals surface area contributed by atoms with Crippen LogP contribution in [0.25, 0.3) is 0 Å². The molecule has 0 spiro atoms. The van der Waals surface area contributed by atoms with E-state index in [0.29, 0.717) is 17.4 Å². The number of phosphoric ester groups is 1. The van der Waals surface area contributed by atoms with Crippen LogP contribution >= 0.6 is 7.82 Å². The highest BCUT2D eigenvalue weighted by atomic mass is 31.2. The van der Waals surface area contributed by atoms with Gasteiger partial charge < -0.3 is 28.8 Å². The summed E-state index contributed by atoms with van der Waals surface area (Å²) in [5, 5.41) is 13.9. The minimum Gasteiger partial charge on any atom is -0.756 e. The first-order valence-corrected chi connectivity index (χ1v) is 28.5. The molecule has 370 valence electrons. The van der Waals surface area contributed by atoms with Crippen molar-refractivity contribution in [2.24, 2.45) is 0 Å². The number of likely N-dealkylation sites (N-methyl/N-ethyl adjacent to an activating group) is 1. The number of carbonyl (C=O) groups is 1. The van der Waals surface area contributed by atoms with Gasteiger partial charge >= 0.3 is 0 Å². The highest BCUT2D eigenvalue weighted by Gasteiger charge is 2.23. The number of aliphatic hydroxyl groups is 1. The molecule has 0 rings (SSSR count). The van der Waals surface area contributed by atoms with E-state index in [9.17, 15) is 19.4 Å². The molecule has 0 aromatic rings. The van der Waals surface area contributed by atoms with Gasteiger partial charge in [0.2, 0.25) is 5.91 Å². The zero-order chi connectivity index (χ0) is 45.7. The van der Waals surface area contributed by atoms with Crippen LogP contribution in [0.2, 0.25) is 0 Å².